The van der Waals surface area contributed by atoms with E-state index in [0.717, 1.165) is 29.5 Å². The first-order chi connectivity index (χ1) is 13.9. The molecule has 0 bridgehead atoms. The van der Waals surface area contributed by atoms with Crippen LogP contribution in [0.5, 0.6) is 5.75 Å². The molecule has 0 aliphatic heterocycles. The van der Waals surface area contributed by atoms with E-state index < -0.39 is 6.04 Å². The Hall–Kier alpha value is -2.82. The molecule has 2 rings (SSSR count). The molecule has 1 atom stereocenters. The fourth-order valence-corrected chi connectivity index (χ4v) is 2.94. The van der Waals surface area contributed by atoms with Crippen LogP contribution in [0.1, 0.15) is 43.4 Å². The van der Waals surface area contributed by atoms with Crippen LogP contribution in [0.3, 0.4) is 0 Å². The van der Waals surface area contributed by atoms with Crippen molar-refractivity contribution in [1.82, 2.24) is 10.2 Å². The Morgan fingerprint density at radius 1 is 1.07 bits per heavy atom. The average Bonchev–Trinajstić information content (AvgIpc) is 2.71. The van der Waals surface area contributed by atoms with E-state index in [2.05, 4.69) is 12.2 Å². The Bertz CT molecular complexity index is 802. The number of benzene rings is 2. The molecule has 0 saturated heterocycles. The third-order valence-corrected chi connectivity index (χ3v) is 4.82. The van der Waals surface area contributed by atoms with Crippen LogP contribution in [0, 0.1) is 13.8 Å². The summed E-state index contributed by atoms with van der Waals surface area (Å²) in [6, 6.07) is 15.0. The first kappa shape index (κ1) is 22.5. The summed E-state index contributed by atoms with van der Waals surface area (Å²) < 4.78 is 5.69. The van der Waals surface area contributed by atoms with E-state index >= 15 is 0 Å². The standard InChI is InChI=1S/C24H32N2O3/c1-5-6-14-25-24(28)20(4)26(16-21-12-10-18(2)11-13-21)23(27)17-29-22-9-7-8-19(3)15-22/h7-13,15,20H,5-6,14,16-17H2,1-4H3,(H,25,28)/t20-/m1/s1. The summed E-state index contributed by atoms with van der Waals surface area (Å²) in [5.41, 5.74) is 3.20. The summed E-state index contributed by atoms with van der Waals surface area (Å²) in [6.45, 7) is 8.70. The Labute approximate surface area is 174 Å². The topological polar surface area (TPSA) is 58.6 Å². The number of hydrogen-bond acceptors (Lipinski definition) is 3. The summed E-state index contributed by atoms with van der Waals surface area (Å²) in [5.74, 6) is 0.286. The number of rotatable bonds is 10. The number of carbonyl (C=O) groups excluding carboxylic acids is 2. The number of unbranched alkanes of at least 4 members (excludes halogenated alkanes) is 1. The van der Waals surface area contributed by atoms with Crippen molar-refractivity contribution in [3.8, 4) is 5.75 Å². The minimum absolute atomic E-state index is 0.109. The second kappa shape index (κ2) is 11.2. The van der Waals surface area contributed by atoms with Crippen molar-refractivity contribution in [3.63, 3.8) is 0 Å². The first-order valence-corrected chi connectivity index (χ1v) is 10.2. The summed E-state index contributed by atoms with van der Waals surface area (Å²) in [7, 11) is 0. The lowest BCUT2D eigenvalue weighted by molar-refractivity contribution is -0.142. The van der Waals surface area contributed by atoms with Gasteiger partial charge in [0.15, 0.2) is 6.61 Å². The third kappa shape index (κ3) is 7.26. The lowest BCUT2D eigenvalue weighted by atomic mass is 10.1. The smallest absolute Gasteiger partial charge is 0.261 e. The molecular formula is C24H32N2O3. The number of aryl methyl sites for hydroxylation is 2. The molecule has 0 saturated carbocycles. The molecule has 2 aromatic carbocycles. The normalized spacial score (nSPS) is 11.6. The number of nitrogens with one attached hydrogen (secondary N) is 1. The second-order valence-electron chi connectivity index (χ2n) is 7.43. The molecule has 0 aliphatic carbocycles. The number of amides is 2. The van der Waals surface area contributed by atoms with Gasteiger partial charge in [-0.1, -0.05) is 55.3 Å². The molecule has 156 valence electrons. The lowest BCUT2D eigenvalue weighted by Gasteiger charge is -2.29. The largest absolute Gasteiger partial charge is 0.484 e. The second-order valence-corrected chi connectivity index (χ2v) is 7.43. The van der Waals surface area contributed by atoms with Crippen LogP contribution in [0.4, 0.5) is 0 Å². The molecule has 0 fully saturated rings. The summed E-state index contributed by atoms with van der Waals surface area (Å²) in [6.07, 6.45) is 1.92. The van der Waals surface area contributed by atoms with Crippen molar-refractivity contribution in [2.24, 2.45) is 0 Å². The molecule has 29 heavy (non-hydrogen) atoms. The van der Waals surface area contributed by atoms with Gasteiger partial charge >= 0.3 is 0 Å². The fraction of sp³-hybridized carbons (Fsp3) is 0.417. The van der Waals surface area contributed by atoms with Crippen LogP contribution >= 0.6 is 0 Å². The van der Waals surface area contributed by atoms with Gasteiger partial charge in [-0.25, -0.2) is 0 Å². The van der Waals surface area contributed by atoms with Crippen LogP contribution in [-0.4, -0.2) is 35.9 Å². The van der Waals surface area contributed by atoms with E-state index in [0.29, 0.717) is 18.8 Å². The minimum Gasteiger partial charge on any atom is -0.484 e. The zero-order chi connectivity index (χ0) is 21.2. The highest BCUT2D eigenvalue weighted by Crippen LogP contribution is 2.14. The lowest BCUT2D eigenvalue weighted by Crippen LogP contribution is -2.49. The van der Waals surface area contributed by atoms with Crippen molar-refractivity contribution in [2.75, 3.05) is 13.2 Å². The fourth-order valence-electron chi connectivity index (χ4n) is 2.94. The molecule has 0 heterocycles. The maximum atomic E-state index is 13.0. The van der Waals surface area contributed by atoms with E-state index in [1.807, 2.05) is 62.4 Å². The van der Waals surface area contributed by atoms with Gasteiger partial charge in [0.25, 0.3) is 5.91 Å². The van der Waals surface area contributed by atoms with Crippen molar-refractivity contribution in [2.45, 2.75) is 53.1 Å². The van der Waals surface area contributed by atoms with Gasteiger partial charge in [-0.05, 0) is 50.5 Å². The van der Waals surface area contributed by atoms with Gasteiger partial charge in [-0.2, -0.15) is 0 Å². The van der Waals surface area contributed by atoms with Gasteiger partial charge in [0.2, 0.25) is 5.91 Å². The van der Waals surface area contributed by atoms with Crippen LogP contribution in [0.2, 0.25) is 0 Å². The van der Waals surface area contributed by atoms with Crippen LogP contribution < -0.4 is 10.1 Å². The summed E-state index contributed by atoms with van der Waals surface area (Å²) >= 11 is 0. The Morgan fingerprint density at radius 2 is 1.79 bits per heavy atom. The molecule has 2 aromatic rings. The molecule has 2 amide bonds. The number of hydrogen-bond donors (Lipinski definition) is 1. The zero-order valence-electron chi connectivity index (χ0n) is 17.9. The average molecular weight is 397 g/mol. The quantitative estimate of drug-likeness (QED) is 0.617. The maximum Gasteiger partial charge on any atom is 0.261 e. The molecule has 5 heteroatoms. The highest BCUT2D eigenvalue weighted by atomic mass is 16.5. The number of ether oxygens (including phenoxy) is 1. The molecule has 1 N–H and O–H groups in total. The van der Waals surface area contributed by atoms with Gasteiger partial charge in [0, 0.05) is 13.1 Å². The molecule has 0 aliphatic rings. The van der Waals surface area contributed by atoms with Crippen molar-refractivity contribution in [1.29, 1.82) is 0 Å². The number of nitrogens with zero attached hydrogens (tertiary/aromatic N) is 1. The maximum absolute atomic E-state index is 13.0. The SMILES string of the molecule is CCCCNC(=O)[C@@H](C)N(Cc1ccc(C)cc1)C(=O)COc1cccc(C)c1. The van der Waals surface area contributed by atoms with Crippen LogP contribution in [0.25, 0.3) is 0 Å². The van der Waals surface area contributed by atoms with Crippen LogP contribution in [-0.2, 0) is 16.1 Å². The molecule has 0 spiro atoms. The number of carbonyl (C=O) groups is 2. The highest BCUT2D eigenvalue weighted by molar-refractivity contribution is 5.87. The van der Waals surface area contributed by atoms with Gasteiger partial charge in [0.1, 0.15) is 11.8 Å². The monoisotopic (exact) mass is 396 g/mol. The molecule has 5 nitrogen and oxygen atoms in total. The summed E-state index contributed by atoms with van der Waals surface area (Å²) in [4.78, 5) is 27.1. The highest BCUT2D eigenvalue weighted by Gasteiger charge is 2.26. The van der Waals surface area contributed by atoms with E-state index in [9.17, 15) is 9.59 Å². The molecule has 0 aromatic heterocycles. The van der Waals surface area contributed by atoms with Gasteiger partial charge < -0.3 is 15.0 Å². The third-order valence-electron chi connectivity index (χ3n) is 4.82. The van der Waals surface area contributed by atoms with Gasteiger partial charge in [-0.15, -0.1) is 0 Å². The predicted octanol–water partition coefficient (Wildman–Crippen LogP) is 4.02. The first-order valence-electron chi connectivity index (χ1n) is 10.2. The molecule has 0 radical (unpaired) electrons. The van der Waals surface area contributed by atoms with E-state index in [4.69, 9.17) is 4.74 Å². The van der Waals surface area contributed by atoms with Crippen molar-refractivity contribution in [3.05, 3.63) is 65.2 Å². The summed E-state index contributed by atoms with van der Waals surface area (Å²) in [5, 5.41) is 2.92. The van der Waals surface area contributed by atoms with Crippen LogP contribution in [0.15, 0.2) is 48.5 Å². The van der Waals surface area contributed by atoms with Crippen molar-refractivity contribution >= 4 is 11.8 Å². The van der Waals surface area contributed by atoms with E-state index in [1.54, 1.807) is 11.8 Å². The Kier molecular flexibility index (Phi) is 8.71. The van der Waals surface area contributed by atoms with Crippen molar-refractivity contribution < 1.29 is 14.3 Å². The van der Waals surface area contributed by atoms with E-state index in [1.165, 1.54) is 0 Å². The predicted molar refractivity (Wildman–Crippen MR) is 116 cm³/mol. The molecular weight excluding hydrogens is 364 g/mol. The zero-order valence-corrected chi connectivity index (χ0v) is 17.9. The van der Waals surface area contributed by atoms with E-state index in [-0.39, 0.29) is 18.4 Å². The Balaban J connectivity index is 2.10. The molecule has 0 unspecified atom stereocenters. The minimum atomic E-state index is -0.582. The van der Waals surface area contributed by atoms with Gasteiger partial charge in [-0.3, -0.25) is 9.59 Å². The Morgan fingerprint density at radius 3 is 2.45 bits per heavy atom. The van der Waals surface area contributed by atoms with Gasteiger partial charge in [0.05, 0.1) is 0 Å².